The van der Waals surface area contributed by atoms with Crippen molar-refractivity contribution in [2.75, 3.05) is 5.32 Å². The zero-order chi connectivity index (χ0) is 14.7. The van der Waals surface area contributed by atoms with Gasteiger partial charge < -0.3 is 10.4 Å². The summed E-state index contributed by atoms with van der Waals surface area (Å²) < 4.78 is 1.33. The highest BCUT2D eigenvalue weighted by Crippen LogP contribution is 2.29. The summed E-state index contributed by atoms with van der Waals surface area (Å²) in [6.07, 6.45) is 0.776. The van der Waals surface area contributed by atoms with Crippen molar-refractivity contribution in [1.82, 2.24) is 15.0 Å². The molecule has 0 aliphatic carbocycles. The lowest BCUT2D eigenvalue weighted by Crippen LogP contribution is -2.19. The van der Waals surface area contributed by atoms with E-state index in [1.54, 1.807) is 25.1 Å². The average molecular weight is 315 g/mol. The van der Waals surface area contributed by atoms with Gasteiger partial charge in [-0.05, 0) is 19.1 Å². The van der Waals surface area contributed by atoms with Crippen LogP contribution in [0.2, 0.25) is 10.0 Å². The maximum absolute atomic E-state index is 11.9. The van der Waals surface area contributed by atoms with Crippen LogP contribution in [-0.4, -0.2) is 26.0 Å². The number of anilines is 1. The van der Waals surface area contributed by atoms with E-state index < -0.39 is 6.10 Å². The van der Waals surface area contributed by atoms with Crippen LogP contribution in [0.25, 0.3) is 0 Å². The van der Waals surface area contributed by atoms with Crippen LogP contribution >= 0.6 is 23.2 Å². The number of carbonyl (C=O) groups excluding carboxylic acids is 1. The van der Waals surface area contributed by atoms with Crippen LogP contribution in [0.4, 0.5) is 5.69 Å². The molecule has 6 nitrogen and oxygen atoms in total. The Balaban J connectivity index is 2.03. The van der Waals surface area contributed by atoms with Crippen molar-refractivity contribution in [3.63, 3.8) is 0 Å². The maximum atomic E-state index is 11.9. The molecule has 1 heterocycles. The Labute approximate surface area is 125 Å². The maximum Gasteiger partial charge on any atom is 0.246 e. The average Bonchev–Trinajstić information content (AvgIpc) is 2.83. The van der Waals surface area contributed by atoms with Gasteiger partial charge in [-0.2, -0.15) is 0 Å². The third-order valence-electron chi connectivity index (χ3n) is 2.52. The van der Waals surface area contributed by atoms with Crippen LogP contribution in [0, 0.1) is 0 Å². The van der Waals surface area contributed by atoms with Gasteiger partial charge in [-0.25, -0.2) is 4.68 Å². The second-order valence-corrected chi connectivity index (χ2v) is 4.95. The van der Waals surface area contributed by atoms with Gasteiger partial charge in [0.05, 0.1) is 28.0 Å². The molecule has 1 unspecified atom stereocenters. The van der Waals surface area contributed by atoms with Gasteiger partial charge in [0.2, 0.25) is 5.91 Å². The molecule has 1 aromatic heterocycles. The number of aliphatic hydroxyl groups excluding tert-OH is 1. The quantitative estimate of drug-likeness (QED) is 0.907. The number of hydrogen-bond acceptors (Lipinski definition) is 4. The molecule has 1 aromatic carbocycles. The molecular formula is C12H12Cl2N4O2. The Hall–Kier alpha value is -1.63. The first-order valence-electron chi connectivity index (χ1n) is 5.79. The molecule has 2 rings (SSSR count). The number of aliphatic hydroxyl groups is 1. The summed E-state index contributed by atoms with van der Waals surface area (Å²) in [5, 5.41) is 20.1. The van der Waals surface area contributed by atoms with Gasteiger partial charge in [0.1, 0.15) is 12.2 Å². The third kappa shape index (κ3) is 3.47. The van der Waals surface area contributed by atoms with Crippen LogP contribution in [-0.2, 0) is 11.3 Å². The van der Waals surface area contributed by atoms with Crippen LogP contribution in [0.5, 0.6) is 0 Å². The Morgan fingerprint density at radius 3 is 2.90 bits per heavy atom. The monoisotopic (exact) mass is 314 g/mol. The highest BCUT2D eigenvalue weighted by atomic mass is 35.5. The van der Waals surface area contributed by atoms with Crippen molar-refractivity contribution in [1.29, 1.82) is 0 Å². The summed E-state index contributed by atoms with van der Waals surface area (Å²) in [6.45, 7) is 1.53. The number of aromatic nitrogens is 3. The second kappa shape index (κ2) is 6.21. The molecule has 2 aromatic rings. The van der Waals surface area contributed by atoms with Crippen molar-refractivity contribution in [3.05, 3.63) is 40.1 Å². The van der Waals surface area contributed by atoms with E-state index in [-0.39, 0.29) is 17.5 Å². The number of benzene rings is 1. The van der Waals surface area contributed by atoms with E-state index in [0.29, 0.717) is 16.4 Å². The lowest BCUT2D eigenvalue weighted by Gasteiger charge is -2.07. The lowest BCUT2D eigenvalue weighted by molar-refractivity contribution is -0.116. The number of nitrogens with zero attached hydrogens (tertiary/aromatic N) is 3. The molecule has 1 amide bonds. The van der Waals surface area contributed by atoms with Gasteiger partial charge in [0.25, 0.3) is 0 Å². The van der Waals surface area contributed by atoms with E-state index in [1.807, 2.05) is 0 Å². The molecule has 20 heavy (non-hydrogen) atoms. The molecule has 0 spiro atoms. The Morgan fingerprint density at radius 1 is 1.50 bits per heavy atom. The Kier molecular flexibility index (Phi) is 4.59. The van der Waals surface area contributed by atoms with E-state index in [0.717, 1.165) is 0 Å². The third-order valence-corrected chi connectivity index (χ3v) is 3.33. The molecule has 0 bridgehead atoms. The van der Waals surface area contributed by atoms with Crippen LogP contribution in [0.15, 0.2) is 24.4 Å². The van der Waals surface area contributed by atoms with E-state index in [4.69, 9.17) is 23.2 Å². The lowest BCUT2D eigenvalue weighted by atomic mass is 10.3. The van der Waals surface area contributed by atoms with Gasteiger partial charge in [0.15, 0.2) is 0 Å². The van der Waals surface area contributed by atoms with Gasteiger partial charge in [0, 0.05) is 0 Å². The molecule has 2 N–H and O–H groups in total. The molecule has 0 saturated carbocycles. The largest absolute Gasteiger partial charge is 0.387 e. The van der Waals surface area contributed by atoms with Crippen LogP contribution in [0.1, 0.15) is 18.7 Å². The van der Waals surface area contributed by atoms with E-state index >= 15 is 0 Å². The smallest absolute Gasteiger partial charge is 0.246 e. The summed E-state index contributed by atoms with van der Waals surface area (Å²) >= 11 is 11.8. The molecule has 0 aliphatic rings. The number of carbonyl (C=O) groups is 1. The Bertz CT molecular complexity index is 628. The van der Waals surface area contributed by atoms with E-state index in [2.05, 4.69) is 15.6 Å². The van der Waals surface area contributed by atoms with Gasteiger partial charge in [-0.3, -0.25) is 4.79 Å². The SMILES string of the molecule is CC(O)c1cn(CC(=O)Nc2cccc(Cl)c2Cl)nn1. The van der Waals surface area contributed by atoms with Crippen molar-refractivity contribution in [2.24, 2.45) is 0 Å². The predicted molar refractivity (Wildman–Crippen MR) is 75.7 cm³/mol. The molecule has 1 atom stereocenters. The number of nitrogens with one attached hydrogen (secondary N) is 1. The topological polar surface area (TPSA) is 80.0 Å². The summed E-state index contributed by atoms with van der Waals surface area (Å²) in [5.74, 6) is -0.323. The first-order valence-corrected chi connectivity index (χ1v) is 6.55. The molecular weight excluding hydrogens is 303 g/mol. The molecule has 0 fully saturated rings. The number of halogens is 2. The fraction of sp³-hybridized carbons (Fsp3) is 0.250. The Morgan fingerprint density at radius 2 is 2.25 bits per heavy atom. The molecule has 8 heteroatoms. The molecule has 0 aliphatic heterocycles. The number of amides is 1. The predicted octanol–water partition coefficient (Wildman–Crippen LogP) is 2.28. The minimum absolute atomic E-state index is 0.0391. The number of hydrogen-bond donors (Lipinski definition) is 2. The normalized spacial score (nSPS) is 12.2. The van der Waals surface area contributed by atoms with Crippen molar-refractivity contribution in [2.45, 2.75) is 19.6 Å². The highest BCUT2D eigenvalue weighted by molar-refractivity contribution is 6.43. The minimum atomic E-state index is -0.728. The van der Waals surface area contributed by atoms with Crippen LogP contribution < -0.4 is 5.32 Å². The minimum Gasteiger partial charge on any atom is -0.387 e. The van der Waals surface area contributed by atoms with Gasteiger partial charge >= 0.3 is 0 Å². The molecule has 0 radical (unpaired) electrons. The summed E-state index contributed by atoms with van der Waals surface area (Å²) in [7, 11) is 0. The first-order chi connectivity index (χ1) is 9.47. The van der Waals surface area contributed by atoms with Crippen molar-refractivity contribution >= 4 is 34.8 Å². The van der Waals surface area contributed by atoms with E-state index in [1.165, 1.54) is 10.9 Å². The zero-order valence-electron chi connectivity index (χ0n) is 10.5. The van der Waals surface area contributed by atoms with E-state index in [9.17, 15) is 9.90 Å². The summed E-state index contributed by atoms with van der Waals surface area (Å²) in [5.41, 5.74) is 0.832. The van der Waals surface area contributed by atoms with Crippen molar-refractivity contribution < 1.29 is 9.90 Å². The zero-order valence-corrected chi connectivity index (χ0v) is 12.1. The first kappa shape index (κ1) is 14.8. The summed E-state index contributed by atoms with van der Waals surface area (Å²) in [6, 6.07) is 4.96. The standard InChI is InChI=1S/C12H12Cl2N4O2/c1-7(19)10-5-18(17-16-10)6-11(20)15-9-4-2-3-8(13)12(9)14/h2-5,7,19H,6H2,1H3,(H,15,20). The molecule has 0 saturated heterocycles. The summed E-state index contributed by atoms with van der Waals surface area (Å²) in [4.78, 5) is 11.9. The fourth-order valence-electron chi connectivity index (χ4n) is 1.52. The van der Waals surface area contributed by atoms with Crippen molar-refractivity contribution in [3.8, 4) is 0 Å². The molecule has 106 valence electrons. The highest BCUT2D eigenvalue weighted by Gasteiger charge is 2.11. The second-order valence-electron chi connectivity index (χ2n) is 4.17. The van der Waals surface area contributed by atoms with Crippen LogP contribution in [0.3, 0.4) is 0 Å². The number of rotatable bonds is 4. The van der Waals surface area contributed by atoms with Gasteiger partial charge in [-0.1, -0.05) is 34.5 Å². The fourth-order valence-corrected chi connectivity index (χ4v) is 1.87. The van der Waals surface area contributed by atoms with Gasteiger partial charge in [-0.15, -0.1) is 5.10 Å².